The van der Waals surface area contributed by atoms with Gasteiger partial charge in [-0.2, -0.15) is 0 Å². The van der Waals surface area contributed by atoms with Crippen LogP contribution < -0.4 is 5.73 Å². The Kier molecular flexibility index (Phi) is 2.94. The maximum Gasteiger partial charge on any atom is 0.149 e. The Labute approximate surface area is 92.9 Å². The fourth-order valence-electron chi connectivity index (χ4n) is 1.29. The molecule has 2 rings (SSSR count). The molecular weight excluding hydrogens is 210 g/mol. The van der Waals surface area contributed by atoms with Gasteiger partial charge in [-0.3, -0.25) is 0 Å². The highest BCUT2D eigenvalue weighted by molar-refractivity contribution is 6.30. The zero-order chi connectivity index (χ0) is 10.7. The molecule has 0 bridgehead atoms. The highest BCUT2D eigenvalue weighted by Crippen LogP contribution is 2.17. The van der Waals surface area contributed by atoms with Crippen molar-refractivity contribution in [3.05, 3.63) is 59.1 Å². The molecule has 2 aromatic rings. The standard InChI is InChI=1S/C11H10ClN3/c12-9-4-2-8(3-5-9)10(13)11-14-6-1-7-15-11/h1-7,10H,13H2. The molecule has 0 spiro atoms. The van der Waals surface area contributed by atoms with E-state index in [1.54, 1.807) is 30.6 Å². The first-order valence-corrected chi connectivity index (χ1v) is 4.93. The molecule has 1 atom stereocenters. The number of hydrogen-bond acceptors (Lipinski definition) is 3. The molecule has 0 saturated carbocycles. The van der Waals surface area contributed by atoms with Crippen molar-refractivity contribution < 1.29 is 0 Å². The molecule has 0 fully saturated rings. The van der Waals surface area contributed by atoms with Crippen LogP contribution >= 0.6 is 11.6 Å². The van der Waals surface area contributed by atoms with Gasteiger partial charge in [-0.25, -0.2) is 9.97 Å². The highest BCUT2D eigenvalue weighted by atomic mass is 35.5. The van der Waals surface area contributed by atoms with Crippen molar-refractivity contribution in [2.24, 2.45) is 5.73 Å². The van der Waals surface area contributed by atoms with Gasteiger partial charge in [0.2, 0.25) is 0 Å². The van der Waals surface area contributed by atoms with Crippen LogP contribution in [0.4, 0.5) is 0 Å². The van der Waals surface area contributed by atoms with Crippen molar-refractivity contribution in [2.45, 2.75) is 6.04 Å². The zero-order valence-electron chi connectivity index (χ0n) is 7.97. The van der Waals surface area contributed by atoms with Crippen LogP contribution in [0.2, 0.25) is 5.02 Å². The Morgan fingerprint density at radius 3 is 2.27 bits per heavy atom. The molecule has 1 aromatic carbocycles. The van der Waals surface area contributed by atoms with Gasteiger partial charge in [0.25, 0.3) is 0 Å². The van der Waals surface area contributed by atoms with Gasteiger partial charge in [0.15, 0.2) is 0 Å². The summed E-state index contributed by atoms with van der Waals surface area (Å²) in [7, 11) is 0. The van der Waals surface area contributed by atoms with Crippen LogP contribution in [0.15, 0.2) is 42.7 Å². The molecule has 0 aliphatic rings. The van der Waals surface area contributed by atoms with E-state index in [1.165, 1.54) is 0 Å². The van der Waals surface area contributed by atoms with Gasteiger partial charge in [0, 0.05) is 17.4 Å². The lowest BCUT2D eigenvalue weighted by Crippen LogP contribution is -2.14. The Morgan fingerprint density at radius 1 is 1.07 bits per heavy atom. The molecule has 15 heavy (non-hydrogen) atoms. The van der Waals surface area contributed by atoms with Gasteiger partial charge in [-0.05, 0) is 23.8 Å². The van der Waals surface area contributed by atoms with E-state index in [2.05, 4.69) is 9.97 Å². The van der Waals surface area contributed by atoms with E-state index < -0.39 is 0 Å². The van der Waals surface area contributed by atoms with Crippen molar-refractivity contribution in [3.63, 3.8) is 0 Å². The number of nitrogens with two attached hydrogens (primary N) is 1. The molecule has 0 saturated heterocycles. The SMILES string of the molecule is NC(c1ccc(Cl)cc1)c1ncccn1. The van der Waals surface area contributed by atoms with Gasteiger partial charge in [0.05, 0.1) is 6.04 Å². The summed E-state index contributed by atoms with van der Waals surface area (Å²) in [5.41, 5.74) is 6.95. The second kappa shape index (κ2) is 4.38. The third-order valence-electron chi connectivity index (χ3n) is 2.09. The molecule has 76 valence electrons. The predicted molar refractivity (Wildman–Crippen MR) is 59.5 cm³/mol. The molecular formula is C11H10ClN3. The van der Waals surface area contributed by atoms with E-state index >= 15 is 0 Å². The maximum atomic E-state index is 6.00. The Morgan fingerprint density at radius 2 is 1.67 bits per heavy atom. The smallest absolute Gasteiger partial charge is 0.149 e. The van der Waals surface area contributed by atoms with Gasteiger partial charge in [0.1, 0.15) is 5.82 Å². The minimum atomic E-state index is -0.302. The molecule has 4 heteroatoms. The van der Waals surface area contributed by atoms with Crippen LogP contribution in [-0.4, -0.2) is 9.97 Å². The zero-order valence-corrected chi connectivity index (χ0v) is 8.72. The van der Waals surface area contributed by atoms with Gasteiger partial charge >= 0.3 is 0 Å². The average Bonchev–Trinajstić information content (AvgIpc) is 2.30. The van der Waals surface area contributed by atoms with Gasteiger partial charge in [-0.1, -0.05) is 23.7 Å². The van der Waals surface area contributed by atoms with Crippen molar-refractivity contribution in [1.29, 1.82) is 0 Å². The second-order valence-corrected chi connectivity index (χ2v) is 3.57. The molecule has 3 nitrogen and oxygen atoms in total. The molecule has 0 radical (unpaired) electrons. The van der Waals surface area contributed by atoms with E-state index in [-0.39, 0.29) is 6.04 Å². The van der Waals surface area contributed by atoms with E-state index in [4.69, 9.17) is 17.3 Å². The Bertz CT molecular complexity index is 427. The fourth-order valence-corrected chi connectivity index (χ4v) is 1.42. The lowest BCUT2D eigenvalue weighted by Gasteiger charge is -2.09. The summed E-state index contributed by atoms with van der Waals surface area (Å²) in [6.07, 6.45) is 3.36. The summed E-state index contributed by atoms with van der Waals surface area (Å²) < 4.78 is 0. The van der Waals surface area contributed by atoms with Crippen molar-refractivity contribution in [1.82, 2.24) is 9.97 Å². The van der Waals surface area contributed by atoms with Crippen LogP contribution in [0.5, 0.6) is 0 Å². The normalized spacial score (nSPS) is 12.4. The average molecular weight is 220 g/mol. The number of aromatic nitrogens is 2. The molecule has 1 unspecified atom stereocenters. The molecule has 0 amide bonds. The largest absolute Gasteiger partial charge is 0.318 e. The third kappa shape index (κ3) is 2.32. The lowest BCUT2D eigenvalue weighted by atomic mass is 10.1. The summed E-state index contributed by atoms with van der Waals surface area (Å²) in [4.78, 5) is 8.22. The van der Waals surface area contributed by atoms with Crippen molar-refractivity contribution in [2.75, 3.05) is 0 Å². The summed E-state index contributed by atoms with van der Waals surface area (Å²) in [6.45, 7) is 0. The fraction of sp³-hybridized carbons (Fsp3) is 0.0909. The monoisotopic (exact) mass is 219 g/mol. The quantitative estimate of drug-likeness (QED) is 0.842. The first-order valence-electron chi connectivity index (χ1n) is 4.55. The molecule has 2 N–H and O–H groups in total. The van der Waals surface area contributed by atoms with E-state index in [9.17, 15) is 0 Å². The summed E-state index contributed by atoms with van der Waals surface area (Å²) in [5.74, 6) is 0.611. The highest BCUT2D eigenvalue weighted by Gasteiger charge is 2.10. The number of nitrogens with zero attached hydrogens (tertiary/aromatic N) is 2. The summed E-state index contributed by atoms with van der Waals surface area (Å²) in [6, 6.07) is 8.83. The number of rotatable bonds is 2. The lowest BCUT2D eigenvalue weighted by molar-refractivity contribution is 0.780. The Balaban J connectivity index is 2.29. The first kappa shape index (κ1) is 10.1. The van der Waals surface area contributed by atoms with E-state index in [0.717, 1.165) is 5.56 Å². The minimum Gasteiger partial charge on any atom is -0.318 e. The molecule has 1 heterocycles. The van der Waals surface area contributed by atoms with E-state index in [1.807, 2.05) is 12.1 Å². The van der Waals surface area contributed by atoms with Gasteiger partial charge < -0.3 is 5.73 Å². The van der Waals surface area contributed by atoms with Crippen LogP contribution in [0, 0.1) is 0 Å². The summed E-state index contributed by atoms with van der Waals surface area (Å²) in [5, 5.41) is 0.694. The molecule has 0 aliphatic heterocycles. The topological polar surface area (TPSA) is 51.8 Å². The first-order chi connectivity index (χ1) is 7.27. The van der Waals surface area contributed by atoms with Crippen LogP contribution in [0.25, 0.3) is 0 Å². The van der Waals surface area contributed by atoms with Crippen LogP contribution in [0.1, 0.15) is 17.4 Å². The van der Waals surface area contributed by atoms with Crippen molar-refractivity contribution in [3.8, 4) is 0 Å². The van der Waals surface area contributed by atoms with Crippen LogP contribution in [-0.2, 0) is 0 Å². The third-order valence-corrected chi connectivity index (χ3v) is 2.35. The van der Waals surface area contributed by atoms with Crippen LogP contribution in [0.3, 0.4) is 0 Å². The summed E-state index contributed by atoms with van der Waals surface area (Å²) >= 11 is 5.79. The van der Waals surface area contributed by atoms with E-state index in [0.29, 0.717) is 10.8 Å². The maximum absolute atomic E-state index is 6.00. The predicted octanol–water partition coefficient (Wildman–Crippen LogP) is 2.18. The second-order valence-electron chi connectivity index (χ2n) is 3.14. The number of benzene rings is 1. The van der Waals surface area contributed by atoms with Gasteiger partial charge in [-0.15, -0.1) is 0 Å². The number of hydrogen-bond donors (Lipinski definition) is 1. The molecule has 0 aliphatic carbocycles. The molecule has 1 aromatic heterocycles. The van der Waals surface area contributed by atoms with Crippen molar-refractivity contribution >= 4 is 11.6 Å². The number of halogens is 1. The minimum absolute atomic E-state index is 0.302. The Hall–Kier alpha value is -1.45.